The summed E-state index contributed by atoms with van der Waals surface area (Å²) >= 11 is 0. The van der Waals surface area contributed by atoms with Gasteiger partial charge < -0.3 is 14.8 Å². The third-order valence-electron chi connectivity index (χ3n) is 11.3. The van der Waals surface area contributed by atoms with Crippen molar-refractivity contribution in [3.63, 3.8) is 0 Å². The zero-order valence-electron chi connectivity index (χ0n) is 26.1. The molecule has 0 spiro atoms. The van der Waals surface area contributed by atoms with E-state index in [1.807, 2.05) is 23.1 Å². The fourth-order valence-corrected chi connectivity index (χ4v) is 8.81. The number of fused-ring (bicyclic) bond motifs is 3. The van der Waals surface area contributed by atoms with Gasteiger partial charge in [-0.15, -0.1) is 0 Å². The average molecular weight is 587 g/mol. The Morgan fingerprint density at radius 2 is 1.67 bits per heavy atom. The molecule has 1 N–H and O–H groups in total. The third-order valence-corrected chi connectivity index (χ3v) is 11.3. The zero-order valence-corrected chi connectivity index (χ0v) is 26.1. The first kappa shape index (κ1) is 28.9. The summed E-state index contributed by atoms with van der Waals surface area (Å²) in [5.41, 5.74) is 3.51. The van der Waals surface area contributed by atoms with Crippen LogP contribution in [0.25, 0.3) is 0 Å². The molecule has 2 bridgehead atoms. The topological polar surface area (TPSA) is 73.7 Å². The van der Waals surface area contributed by atoms with Gasteiger partial charge in [-0.05, 0) is 76.8 Å². The highest BCUT2D eigenvalue weighted by molar-refractivity contribution is 5.92. The van der Waals surface area contributed by atoms with E-state index in [0.29, 0.717) is 36.6 Å². The van der Waals surface area contributed by atoms with Crippen molar-refractivity contribution in [3.05, 3.63) is 47.5 Å². The molecule has 2 unspecified atom stereocenters. The summed E-state index contributed by atoms with van der Waals surface area (Å²) in [5.74, 6) is 1.74. The molecule has 2 saturated heterocycles. The maximum atomic E-state index is 13.4. The van der Waals surface area contributed by atoms with Crippen molar-refractivity contribution in [2.75, 3.05) is 24.5 Å². The number of urea groups is 1. The minimum atomic E-state index is 0.0630. The van der Waals surface area contributed by atoms with Gasteiger partial charge in [-0.25, -0.2) is 9.78 Å². The third kappa shape index (κ3) is 5.96. The minimum Gasteiger partial charge on any atom is -0.336 e. The highest BCUT2D eigenvalue weighted by atomic mass is 16.2. The summed E-state index contributed by atoms with van der Waals surface area (Å²) in [6.45, 7) is 5.48. The van der Waals surface area contributed by atoms with Crippen LogP contribution in [0.2, 0.25) is 0 Å². The molecule has 1 aromatic carbocycles. The predicted octanol–water partition coefficient (Wildman–Crippen LogP) is 5.98. The molecule has 0 radical (unpaired) electrons. The maximum Gasteiger partial charge on any atom is 0.322 e. The lowest BCUT2D eigenvalue weighted by Crippen LogP contribution is -2.48. The largest absolute Gasteiger partial charge is 0.336 e. The molecule has 8 nitrogen and oxygen atoms in total. The molecular formula is C35H50N6O2. The number of nitrogens with zero attached hydrogens (tertiary/aromatic N) is 5. The normalized spacial score (nSPS) is 26.2. The lowest BCUT2D eigenvalue weighted by Gasteiger charge is -2.41. The van der Waals surface area contributed by atoms with Crippen LogP contribution < -0.4 is 10.2 Å². The number of rotatable bonds is 8. The summed E-state index contributed by atoms with van der Waals surface area (Å²) in [4.78, 5) is 38.2. The van der Waals surface area contributed by atoms with E-state index in [2.05, 4.69) is 38.7 Å². The second-order valence-corrected chi connectivity index (χ2v) is 13.9. The molecular weight excluding hydrogens is 536 g/mol. The van der Waals surface area contributed by atoms with Gasteiger partial charge in [0.05, 0.1) is 12.2 Å². The number of carbonyl (C=O) groups is 2. The highest BCUT2D eigenvalue weighted by Gasteiger charge is 2.42. The predicted molar refractivity (Wildman–Crippen MR) is 169 cm³/mol. The number of anilines is 1. The van der Waals surface area contributed by atoms with Gasteiger partial charge in [0.25, 0.3) is 0 Å². The number of nitrogens with one attached hydrogen (secondary N) is 1. The molecule has 2 aliphatic carbocycles. The van der Waals surface area contributed by atoms with E-state index in [1.54, 1.807) is 0 Å². The van der Waals surface area contributed by atoms with E-state index < -0.39 is 0 Å². The van der Waals surface area contributed by atoms with Crippen LogP contribution in [-0.2, 0) is 17.8 Å². The molecule has 4 heterocycles. The van der Waals surface area contributed by atoms with E-state index in [1.165, 1.54) is 57.1 Å². The van der Waals surface area contributed by atoms with Crippen molar-refractivity contribution in [2.45, 2.75) is 128 Å². The fraction of sp³-hybridized carbons (Fsp3) is 0.686. The SMILES string of the molecule is Cc1nc2c(n1C1CC3CCC(C1)N3CCCN(C(=O)NC1CCCCC1)c1ccccc1)CCN(C(=O)C1CCC1)C2. The number of hydrogen-bond acceptors (Lipinski definition) is 4. The van der Waals surface area contributed by atoms with E-state index in [9.17, 15) is 9.59 Å². The van der Waals surface area contributed by atoms with Crippen LogP contribution in [0.3, 0.4) is 0 Å². The second-order valence-electron chi connectivity index (χ2n) is 13.9. The van der Waals surface area contributed by atoms with Gasteiger partial charge in [0.1, 0.15) is 5.82 Å². The van der Waals surface area contributed by atoms with E-state index in [-0.39, 0.29) is 11.9 Å². The lowest BCUT2D eigenvalue weighted by atomic mass is 9.84. The molecule has 2 aromatic rings. The minimum absolute atomic E-state index is 0.0630. The number of amides is 3. The Morgan fingerprint density at radius 3 is 2.37 bits per heavy atom. The number of benzene rings is 1. The van der Waals surface area contributed by atoms with Gasteiger partial charge >= 0.3 is 6.03 Å². The molecule has 5 aliphatic rings. The van der Waals surface area contributed by atoms with Crippen LogP contribution in [0.1, 0.15) is 107 Å². The lowest BCUT2D eigenvalue weighted by molar-refractivity contribution is -0.139. The van der Waals surface area contributed by atoms with Gasteiger partial charge in [-0.3, -0.25) is 14.6 Å². The first-order valence-corrected chi connectivity index (χ1v) is 17.3. The molecule has 1 aromatic heterocycles. The molecule has 7 rings (SSSR count). The van der Waals surface area contributed by atoms with Gasteiger partial charge in [-0.1, -0.05) is 43.9 Å². The molecule has 43 heavy (non-hydrogen) atoms. The Hall–Kier alpha value is -2.87. The van der Waals surface area contributed by atoms with E-state index in [0.717, 1.165) is 75.4 Å². The van der Waals surface area contributed by atoms with Crippen LogP contribution in [0, 0.1) is 12.8 Å². The Bertz CT molecular complexity index is 1270. The monoisotopic (exact) mass is 586 g/mol. The molecule has 8 heteroatoms. The smallest absolute Gasteiger partial charge is 0.322 e. The van der Waals surface area contributed by atoms with Crippen LogP contribution in [0.5, 0.6) is 0 Å². The number of para-hydroxylation sites is 1. The first-order chi connectivity index (χ1) is 21.0. The number of aromatic nitrogens is 2. The van der Waals surface area contributed by atoms with Crippen molar-refractivity contribution in [1.82, 2.24) is 24.7 Å². The second kappa shape index (κ2) is 12.6. The molecule has 2 atom stereocenters. The molecule has 232 valence electrons. The zero-order chi connectivity index (χ0) is 29.3. The number of carbonyl (C=O) groups excluding carboxylic acids is 2. The van der Waals surface area contributed by atoms with E-state index in [4.69, 9.17) is 4.98 Å². The maximum absolute atomic E-state index is 13.4. The average Bonchev–Trinajstić information content (AvgIpc) is 3.44. The Kier molecular flexibility index (Phi) is 8.48. The first-order valence-electron chi connectivity index (χ1n) is 17.3. The number of hydrogen-bond donors (Lipinski definition) is 1. The van der Waals surface area contributed by atoms with Crippen molar-refractivity contribution >= 4 is 17.6 Å². The van der Waals surface area contributed by atoms with Crippen molar-refractivity contribution in [3.8, 4) is 0 Å². The van der Waals surface area contributed by atoms with Crippen molar-refractivity contribution < 1.29 is 9.59 Å². The molecule has 2 saturated carbocycles. The quantitative estimate of drug-likeness (QED) is 0.413. The summed E-state index contributed by atoms with van der Waals surface area (Å²) in [5, 5.41) is 3.35. The summed E-state index contributed by atoms with van der Waals surface area (Å²) in [7, 11) is 0. The van der Waals surface area contributed by atoms with Gasteiger partial charge in [-0.2, -0.15) is 0 Å². The van der Waals surface area contributed by atoms with Crippen molar-refractivity contribution in [2.24, 2.45) is 5.92 Å². The molecule has 3 amide bonds. The standard InChI is InChI=1S/C35H50N6O2/c1-25-36-32-24-38(34(42)26-10-8-11-26)21-18-33(32)41(25)31-22-29-16-17-30(23-31)39(29)19-9-20-40(28-14-6-3-7-15-28)35(43)37-27-12-4-2-5-13-27/h3,6-7,14-15,26-27,29-31H,2,4-5,8-13,16-24H2,1H3,(H,37,43). The molecule has 3 aliphatic heterocycles. The summed E-state index contributed by atoms with van der Waals surface area (Å²) < 4.78 is 2.57. The Labute approximate surface area is 257 Å². The van der Waals surface area contributed by atoms with Crippen LogP contribution in [0.15, 0.2) is 30.3 Å². The number of aryl methyl sites for hydroxylation is 1. The van der Waals surface area contributed by atoms with Crippen molar-refractivity contribution in [1.29, 1.82) is 0 Å². The summed E-state index contributed by atoms with van der Waals surface area (Å²) in [6, 6.07) is 12.3. The molecule has 4 fully saturated rings. The van der Waals surface area contributed by atoms with Gasteiger partial charge in [0.2, 0.25) is 5.91 Å². The van der Waals surface area contributed by atoms with Gasteiger partial charge in [0, 0.05) is 67.5 Å². The van der Waals surface area contributed by atoms with Crippen LogP contribution in [-0.4, -0.2) is 69.0 Å². The Balaban J connectivity index is 0.970. The number of imidazole rings is 1. The highest BCUT2D eigenvalue weighted by Crippen LogP contribution is 2.42. The fourth-order valence-electron chi connectivity index (χ4n) is 8.81. The summed E-state index contributed by atoms with van der Waals surface area (Å²) in [6.07, 6.45) is 16.1. The van der Waals surface area contributed by atoms with Gasteiger partial charge in [0.15, 0.2) is 0 Å². The van der Waals surface area contributed by atoms with Crippen LogP contribution >= 0.6 is 0 Å². The van der Waals surface area contributed by atoms with Crippen LogP contribution in [0.4, 0.5) is 10.5 Å². The van der Waals surface area contributed by atoms with E-state index >= 15 is 0 Å². The number of piperidine rings is 1. The Morgan fingerprint density at radius 1 is 0.930 bits per heavy atom.